The molecule has 0 atom stereocenters. The van der Waals surface area contributed by atoms with Gasteiger partial charge in [-0.05, 0) is 72.4 Å². The number of carbonyl (C=O) groups excluding carboxylic acids is 4. The van der Waals surface area contributed by atoms with Gasteiger partial charge in [-0.25, -0.2) is 38.2 Å². The number of benzene rings is 2. The zero-order valence-corrected chi connectivity index (χ0v) is 31.2. The third-order valence-corrected chi connectivity index (χ3v) is 10.7. The molecule has 2 aromatic carbocycles. The van der Waals surface area contributed by atoms with Crippen LogP contribution >= 0.6 is 0 Å². The highest BCUT2D eigenvalue weighted by molar-refractivity contribution is 6.03. The number of hydrogen-bond donors (Lipinski definition) is 3. The fourth-order valence-electron chi connectivity index (χ4n) is 7.38. The second kappa shape index (κ2) is 15.3. The number of oxazole rings is 1. The van der Waals surface area contributed by atoms with Crippen molar-refractivity contribution in [1.82, 2.24) is 40.0 Å². The molecule has 5 aromatic rings. The Hall–Kier alpha value is -6.69. The van der Waals surface area contributed by atoms with Crippen molar-refractivity contribution in [1.29, 1.82) is 0 Å². The summed E-state index contributed by atoms with van der Waals surface area (Å²) >= 11 is 0. The summed E-state index contributed by atoms with van der Waals surface area (Å²) in [7, 11) is 0. The van der Waals surface area contributed by atoms with Crippen molar-refractivity contribution in [2.75, 3.05) is 54.8 Å². The molecule has 3 aromatic heterocycles. The van der Waals surface area contributed by atoms with E-state index in [4.69, 9.17) is 4.42 Å². The Morgan fingerprint density at radius 1 is 0.948 bits per heavy atom. The van der Waals surface area contributed by atoms with Crippen LogP contribution in [0.4, 0.5) is 30.8 Å². The second-order valence-electron chi connectivity index (χ2n) is 14.8. The maximum atomic E-state index is 14.1. The van der Waals surface area contributed by atoms with Gasteiger partial charge in [-0.3, -0.25) is 24.6 Å². The van der Waals surface area contributed by atoms with Crippen molar-refractivity contribution >= 4 is 40.9 Å². The number of carbonyl (C=O) groups is 4. The average Bonchev–Trinajstić information content (AvgIpc) is 3.59. The van der Waals surface area contributed by atoms with Crippen molar-refractivity contribution in [3.05, 3.63) is 101 Å². The Morgan fingerprint density at radius 3 is 2.50 bits per heavy atom. The lowest BCUT2D eigenvalue weighted by molar-refractivity contribution is -0.123. The lowest BCUT2D eigenvalue weighted by Crippen LogP contribution is -2.56. The fourth-order valence-corrected chi connectivity index (χ4v) is 7.38. The zero-order valence-electron chi connectivity index (χ0n) is 31.2. The first-order valence-electron chi connectivity index (χ1n) is 19.1. The molecule has 5 amide bonds. The molecule has 3 aliphatic heterocycles. The lowest BCUT2D eigenvalue weighted by atomic mass is 10.1. The Labute approximate surface area is 330 Å². The fraction of sp³-hybridized carbons (Fsp3) is 0.325. The molecule has 58 heavy (non-hydrogen) atoms. The van der Waals surface area contributed by atoms with E-state index in [9.17, 15) is 28.0 Å². The van der Waals surface area contributed by atoms with Crippen LogP contribution in [-0.4, -0.2) is 97.7 Å². The number of aromatic nitrogens is 4. The van der Waals surface area contributed by atoms with Gasteiger partial charge in [0.05, 0.1) is 30.7 Å². The molecule has 1 saturated carbocycles. The number of hydrogen-bond acceptors (Lipinski definition) is 11. The van der Waals surface area contributed by atoms with E-state index >= 15 is 0 Å². The van der Waals surface area contributed by atoms with Crippen LogP contribution in [-0.2, 0) is 17.9 Å². The first kappa shape index (κ1) is 36.9. The van der Waals surface area contributed by atoms with Crippen LogP contribution in [0.25, 0.3) is 17.1 Å². The van der Waals surface area contributed by atoms with Gasteiger partial charge in [-0.15, -0.1) is 0 Å². The number of urea groups is 1. The number of fused-ring (bicyclic) bond motifs is 1. The van der Waals surface area contributed by atoms with Crippen LogP contribution in [0.2, 0.25) is 0 Å². The molecule has 1 aliphatic carbocycles. The normalized spacial score (nSPS) is 17.2. The molecule has 0 bridgehead atoms. The topological polar surface area (TPSA) is 174 Å². The van der Waals surface area contributed by atoms with Crippen molar-refractivity contribution in [3.8, 4) is 17.1 Å². The molecule has 0 radical (unpaired) electrons. The van der Waals surface area contributed by atoms with E-state index in [1.54, 1.807) is 36.5 Å². The largest absolute Gasteiger partial charge is 0.444 e. The van der Waals surface area contributed by atoms with Crippen molar-refractivity contribution < 1.29 is 32.4 Å². The van der Waals surface area contributed by atoms with E-state index in [2.05, 4.69) is 40.8 Å². The summed E-state index contributed by atoms with van der Waals surface area (Å²) in [4.78, 5) is 63.3. The predicted octanol–water partition coefficient (Wildman–Crippen LogP) is 5.07. The number of alkyl halides is 2. The Morgan fingerprint density at radius 2 is 1.74 bits per heavy atom. The highest BCUT2D eigenvalue weighted by Crippen LogP contribution is 2.31. The van der Waals surface area contributed by atoms with Gasteiger partial charge in [0.2, 0.25) is 11.8 Å². The number of imide groups is 1. The van der Waals surface area contributed by atoms with E-state index in [0.29, 0.717) is 35.1 Å². The number of nitrogens with zero attached hydrogens (tertiary/aromatic N) is 8. The third kappa shape index (κ3) is 7.69. The quantitative estimate of drug-likeness (QED) is 0.154. The van der Waals surface area contributed by atoms with Crippen LogP contribution in [0.5, 0.6) is 0 Å². The average molecular weight is 792 g/mol. The predicted molar refractivity (Wildman–Crippen MR) is 206 cm³/mol. The number of hydrazine groups is 1. The first-order valence-corrected chi connectivity index (χ1v) is 19.1. The van der Waals surface area contributed by atoms with Crippen LogP contribution in [0.15, 0.2) is 77.7 Å². The first-order chi connectivity index (χ1) is 28.1. The van der Waals surface area contributed by atoms with Crippen LogP contribution < -0.4 is 20.9 Å². The number of piperazine rings is 1. The van der Waals surface area contributed by atoms with Crippen molar-refractivity contribution in [2.24, 2.45) is 5.92 Å². The Kier molecular flexibility index (Phi) is 9.76. The maximum Gasteiger partial charge on any atom is 0.342 e. The minimum Gasteiger partial charge on any atom is -0.444 e. The Balaban J connectivity index is 0.796. The number of amides is 5. The molecule has 2 saturated heterocycles. The minimum absolute atomic E-state index is 0.0720. The summed E-state index contributed by atoms with van der Waals surface area (Å²) in [5.74, 6) is 0.205. The molecule has 9 rings (SSSR count). The molecule has 4 aliphatic rings. The molecule has 3 fully saturated rings. The van der Waals surface area contributed by atoms with E-state index in [-0.39, 0.29) is 48.6 Å². The van der Waals surface area contributed by atoms with E-state index in [1.165, 1.54) is 40.0 Å². The van der Waals surface area contributed by atoms with Gasteiger partial charge in [-0.1, -0.05) is 12.1 Å². The van der Waals surface area contributed by atoms with Gasteiger partial charge in [0.1, 0.15) is 12.1 Å². The molecular weight excluding hydrogens is 753 g/mol. The number of nitrogens with one attached hydrogen (secondary N) is 3. The number of rotatable bonds is 12. The van der Waals surface area contributed by atoms with Crippen molar-refractivity contribution in [2.45, 2.75) is 38.8 Å². The maximum absolute atomic E-state index is 14.1. The minimum atomic E-state index is -2.94. The molecular formula is C40H39F2N11O5. The summed E-state index contributed by atoms with van der Waals surface area (Å²) in [5, 5.41) is 14.9. The lowest BCUT2D eigenvalue weighted by Gasteiger charge is -2.36. The van der Waals surface area contributed by atoms with E-state index in [0.717, 1.165) is 49.5 Å². The summed E-state index contributed by atoms with van der Waals surface area (Å²) in [6.45, 7) is 5.06. The second-order valence-corrected chi connectivity index (χ2v) is 14.8. The molecule has 0 unspecified atom stereocenters. The van der Waals surface area contributed by atoms with Crippen LogP contribution in [0.1, 0.15) is 63.4 Å². The Bertz CT molecular complexity index is 2390. The highest BCUT2D eigenvalue weighted by atomic mass is 19.3. The number of anilines is 3. The number of halogens is 2. The van der Waals surface area contributed by atoms with Gasteiger partial charge in [0.15, 0.2) is 11.4 Å². The zero-order chi connectivity index (χ0) is 39.9. The van der Waals surface area contributed by atoms with Crippen LogP contribution in [0, 0.1) is 5.92 Å². The molecule has 16 nitrogen and oxygen atoms in total. The summed E-state index contributed by atoms with van der Waals surface area (Å²) < 4.78 is 35.1. The monoisotopic (exact) mass is 791 g/mol. The number of pyridine rings is 1. The molecule has 0 spiro atoms. The highest BCUT2D eigenvalue weighted by Gasteiger charge is 2.37. The van der Waals surface area contributed by atoms with E-state index < -0.39 is 24.1 Å². The summed E-state index contributed by atoms with van der Waals surface area (Å²) in [6.07, 6.45) is 3.76. The van der Waals surface area contributed by atoms with Crippen molar-refractivity contribution in [3.63, 3.8) is 0 Å². The summed E-state index contributed by atoms with van der Waals surface area (Å²) in [6, 6.07) is 16.1. The molecule has 6 heterocycles. The van der Waals surface area contributed by atoms with Gasteiger partial charge in [0.25, 0.3) is 18.2 Å². The van der Waals surface area contributed by atoms with Gasteiger partial charge in [-0.2, -0.15) is 5.10 Å². The summed E-state index contributed by atoms with van der Waals surface area (Å²) in [5.41, 5.74) is 3.80. The molecule has 18 heteroatoms. The van der Waals surface area contributed by atoms with E-state index in [1.807, 2.05) is 24.3 Å². The SMILES string of the molecule is O=C1CCN(N2Cc3cc(CN4CCN(c5ccc(-n6cc(NC(=O)c7coc(-c8ccnc(NCC9CC9)c8)n7)c(C(F)F)n6)cc5)CC4)ccc3C2=O)C(=O)N1. The van der Waals surface area contributed by atoms with Gasteiger partial charge >= 0.3 is 6.03 Å². The van der Waals surface area contributed by atoms with Crippen LogP contribution in [0.3, 0.4) is 0 Å². The standard InChI is InChI=1S/C40H39F2N11O5/c41-36(42)35-31(45-37(55)32-23-58-38(46-32)26-9-11-43-33(18-26)44-19-24-1-2-24)22-51(48-35)29-6-4-28(5-7-29)50-15-13-49(14-16-50)20-25-3-8-30-27(17-25)21-53(39(30)56)52-12-10-34(54)47-40(52)57/h3-9,11,17-18,22-24,36H,1-2,10,12-16,19-21H2,(H,43,44)(H,45,55)(H,47,54,57). The smallest absolute Gasteiger partial charge is 0.342 e. The third-order valence-electron chi connectivity index (χ3n) is 10.7. The molecule has 298 valence electrons. The van der Waals surface area contributed by atoms with Gasteiger partial charge in [0, 0.05) is 68.7 Å². The molecule has 3 N–H and O–H groups in total. The van der Waals surface area contributed by atoms with Gasteiger partial charge < -0.3 is 20.0 Å².